The number of phenols is 6. The van der Waals surface area contributed by atoms with Crippen LogP contribution < -0.4 is 0 Å². The van der Waals surface area contributed by atoms with E-state index in [9.17, 15) is 30.6 Å². The molecule has 2 aromatic rings. The van der Waals surface area contributed by atoms with Gasteiger partial charge in [-0.1, -0.05) is 34.6 Å². The lowest BCUT2D eigenvalue weighted by molar-refractivity contribution is 0.211. The molecule has 0 radical (unpaired) electrons. The summed E-state index contributed by atoms with van der Waals surface area (Å²) in [6, 6.07) is 3.01. The number of hydrogen-bond donors (Lipinski definition) is 6. The van der Waals surface area contributed by atoms with Gasteiger partial charge in [0.2, 0.25) is 11.5 Å². The highest BCUT2D eigenvalue weighted by molar-refractivity contribution is 5.73. The maximum atomic E-state index is 11.0. The normalized spacial score (nSPS) is 31.8. The van der Waals surface area contributed by atoms with Crippen molar-refractivity contribution < 1.29 is 30.6 Å². The van der Waals surface area contributed by atoms with Crippen molar-refractivity contribution in [2.24, 2.45) is 5.92 Å². The topological polar surface area (TPSA) is 121 Å². The third-order valence-electron chi connectivity index (χ3n) is 8.54. The van der Waals surface area contributed by atoms with E-state index in [1.807, 2.05) is 27.7 Å². The van der Waals surface area contributed by atoms with Crippen LogP contribution in [0.25, 0.3) is 0 Å². The summed E-state index contributed by atoms with van der Waals surface area (Å²) < 4.78 is 0. The summed E-state index contributed by atoms with van der Waals surface area (Å²) >= 11 is 0. The quantitative estimate of drug-likeness (QED) is 0.400. The SMILES string of the molecule is CCC1(C)CC2(c3cc(O)c(O)c(O)c3C(C)(CC)C2C)c2c1cc(O)c(O)c2O. The van der Waals surface area contributed by atoms with E-state index in [4.69, 9.17) is 0 Å². The molecule has 0 aliphatic heterocycles. The van der Waals surface area contributed by atoms with Crippen LogP contribution in [0.15, 0.2) is 12.1 Å². The second-order valence-corrected chi connectivity index (χ2v) is 9.59. The van der Waals surface area contributed by atoms with Gasteiger partial charge in [-0.15, -0.1) is 0 Å². The minimum Gasteiger partial charge on any atom is -0.504 e. The van der Waals surface area contributed by atoms with Crippen LogP contribution in [0.4, 0.5) is 0 Å². The molecule has 6 nitrogen and oxygen atoms in total. The Morgan fingerprint density at radius 1 is 0.767 bits per heavy atom. The monoisotopic (exact) mass is 414 g/mol. The van der Waals surface area contributed by atoms with Crippen molar-refractivity contribution >= 4 is 0 Å². The van der Waals surface area contributed by atoms with Gasteiger partial charge in [0.15, 0.2) is 23.0 Å². The minimum atomic E-state index is -0.821. The highest BCUT2D eigenvalue weighted by atomic mass is 16.3. The predicted molar refractivity (Wildman–Crippen MR) is 113 cm³/mol. The summed E-state index contributed by atoms with van der Waals surface area (Å²) in [6.45, 7) is 10.2. The molecule has 4 unspecified atom stereocenters. The van der Waals surface area contributed by atoms with Crippen molar-refractivity contribution in [1.82, 2.24) is 0 Å². The molecule has 6 N–H and O–H groups in total. The number of hydrogen-bond acceptors (Lipinski definition) is 6. The van der Waals surface area contributed by atoms with Crippen molar-refractivity contribution in [2.75, 3.05) is 0 Å². The van der Waals surface area contributed by atoms with Crippen LogP contribution in [0.3, 0.4) is 0 Å². The number of fused-ring (bicyclic) bond motifs is 4. The molecule has 0 fully saturated rings. The van der Waals surface area contributed by atoms with Gasteiger partial charge in [-0.05, 0) is 53.9 Å². The zero-order valence-corrected chi connectivity index (χ0v) is 18.0. The van der Waals surface area contributed by atoms with Gasteiger partial charge in [-0.3, -0.25) is 0 Å². The fourth-order valence-electron chi connectivity index (χ4n) is 6.34. The minimum absolute atomic E-state index is 0.140. The summed E-state index contributed by atoms with van der Waals surface area (Å²) in [5, 5.41) is 63.2. The molecule has 30 heavy (non-hydrogen) atoms. The van der Waals surface area contributed by atoms with E-state index in [0.717, 1.165) is 12.0 Å². The molecule has 0 heterocycles. The molecule has 4 atom stereocenters. The molecule has 162 valence electrons. The molecular weight excluding hydrogens is 384 g/mol. The lowest BCUT2D eigenvalue weighted by Crippen LogP contribution is -2.38. The van der Waals surface area contributed by atoms with Crippen LogP contribution in [0.1, 0.15) is 76.1 Å². The molecule has 2 aliphatic carbocycles. The molecule has 0 saturated heterocycles. The van der Waals surface area contributed by atoms with Crippen LogP contribution in [0.5, 0.6) is 34.5 Å². The molecule has 2 aromatic carbocycles. The van der Waals surface area contributed by atoms with Gasteiger partial charge in [-0.25, -0.2) is 0 Å². The Labute approximate surface area is 176 Å². The largest absolute Gasteiger partial charge is 0.504 e. The summed E-state index contributed by atoms with van der Waals surface area (Å²) in [5.41, 5.74) is 0.697. The fraction of sp³-hybridized carbons (Fsp3) is 0.500. The second kappa shape index (κ2) is 5.90. The molecule has 0 saturated carbocycles. The highest BCUT2D eigenvalue weighted by Gasteiger charge is 2.64. The van der Waals surface area contributed by atoms with Crippen LogP contribution >= 0.6 is 0 Å². The number of aromatic hydroxyl groups is 6. The highest BCUT2D eigenvalue weighted by Crippen LogP contribution is 2.71. The lowest BCUT2D eigenvalue weighted by atomic mass is 9.63. The predicted octanol–water partition coefficient (Wildman–Crippen LogP) is 4.60. The van der Waals surface area contributed by atoms with Gasteiger partial charge in [-0.2, -0.15) is 0 Å². The third-order valence-corrected chi connectivity index (χ3v) is 8.54. The van der Waals surface area contributed by atoms with Crippen molar-refractivity contribution in [3.8, 4) is 34.5 Å². The van der Waals surface area contributed by atoms with Crippen LogP contribution in [-0.4, -0.2) is 30.6 Å². The Hall–Kier alpha value is -2.76. The van der Waals surface area contributed by atoms with E-state index in [1.165, 1.54) is 12.1 Å². The fourth-order valence-corrected chi connectivity index (χ4v) is 6.34. The second-order valence-electron chi connectivity index (χ2n) is 9.59. The van der Waals surface area contributed by atoms with Gasteiger partial charge in [0.05, 0.1) is 0 Å². The molecule has 0 aromatic heterocycles. The van der Waals surface area contributed by atoms with E-state index in [-0.39, 0.29) is 23.2 Å². The van der Waals surface area contributed by atoms with Gasteiger partial charge in [0.25, 0.3) is 0 Å². The van der Waals surface area contributed by atoms with E-state index in [0.29, 0.717) is 29.5 Å². The molecule has 2 aliphatic rings. The van der Waals surface area contributed by atoms with E-state index < -0.39 is 33.5 Å². The summed E-state index contributed by atoms with van der Waals surface area (Å²) in [5.74, 6) is -2.76. The first kappa shape index (κ1) is 20.5. The van der Waals surface area contributed by atoms with Crippen molar-refractivity contribution in [3.05, 3.63) is 34.4 Å². The summed E-state index contributed by atoms with van der Waals surface area (Å²) in [4.78, 5) is 0. The first-order valence-corrected chi connectivity index (χ1v) is 10.5. The Kier molecular flexibility index (Phi) is 4.03. The molecular formula is C24H30O6. The smallest absolute Gasteiger partial charge is 0.200 e. The number of phenolic OH excluding ortho intramolecular Hbond substituents is 6. The number of benzene rings is 2. The Morgan fingerprint density at radius 2 is 1.27 bits per heavy atom. The van der Waals surface area contributed by atoms with E-state index in [1.54, 1.807) is 0 Å². The molecule has 0 amide bonds. The van der Waals surface area contributed by atoms with Crippen molar-refractivity contribution in [2.45, 2.75) is 70.1 Å². The first-order valence-electron chi connectivity index (χ1n) is 10.5. The third kappa shape index (κ3) is 2.04. The zero-order valence-electron chi connectivity index (χ0n) is 18.0. The van der Waals surface area contributed by atoms with Crippen LogP contribution in [-0.2, 0) is 16.2 Å². The van der Waals surface area contributed by atoms with Gasteiger partial charge < -0.3 is 30.6 Å². The first-order chi connectivity index (χ1) is 13.9. The van der Waals surface area contributed by atoms with Crippen molar-refractivity contribution in [3.63, 3.8) is 0 Å². The Morgan fingerprint density at radius 3 is 1.77 bits per heavy atom. The Balaban J connectivity index is 2.21. The molecule has 1 spiro atoms. The van der Waals surface area contributed by atoms with Gasteiger partial charge >= 0.3 is 0 Å². The van der Waals surface area contributed by atoms with E-state index >= 15 is 0 Å². The molecule has 6 heteroatoms. The molecule has 0 bridgehead atoms. The average molecular weight is 414 g/mol. The lowest BCUT2D eigenvalue weighted by Gasteiger charge is -2.39. The molecule has 4 rings (SSSR count). The maximum absolute atomic E-state index is 11.0. The number of rotatable bonds is 2. The summed E-state index contributed by atoms with van der Waals surface area (Å²) in [7, 11) is 0. The average Bonchev–Trinajstić information content (AvgIpc) is 3.08. The zero-order chi connectivity index (χ0) is 22.4. The van der Waals surface area contributed by atoms with Gasteiger partial charge in [0.1, 0.15) is 0 Å². The maximum Gasteiger partial charge on any atom is 0.200 e. The van der Waals surface area contributed by atoms with E-state index in [2.05, 4.69) is 6.92 Å². The van der Waals surface area contributed by atoms with Crippen LogP contribution in [0, 0.1) is 5.92 Å². The Bertz CT molecular complexity index is 1080. The van der Waals surface area contributed by atoms with Gasteiger partial charge in [0, 0.05) is 22.0 Å². The van der Waals surface area contributed by atoms with Crippen molar-refractivity contribution in [1.29, 1.82) is 0 Å². The van der Waals surface area contributed by atoms with Crippen LogP contribution in [0.2, 0.25) is 0 Å². The summed E-state index contributed by atoms with van der Waals surface area (Å²) in [6.07, 6.45) is 1.95. The standard InChI is InChI=1S/C24H30O6/c1-6-22(4)10-24(17-12(22)8-14(25)19(28)21(17)30)11(3)23(5,7-2)16-13(24)9-15(26)18(27)20(16)29/h8-9,11,25-30H,6-7,10H2,1-5H3.